The fraction of sp³-hybridized carbons (Fsp3) is 0.333. The molecule has 4 aliphatic heterocycles. The van der Waals surface area contributed by atoms with E-state index in [4.69, 9.17) is 28.4 Å². The number of esters is 4. The monoisotopic (exact) mass is 624 g/mol. The molecule has 10 heteroatoms. The van der Waals surface area contributed by atoms with Gasteiger partial charge in [0.1, 0.15) is 12.2 Å². The average molecular weight is 625 g/mol. The first-order valence-electron chi connectivity index (χ1n) is 15.2. The van der Waals surface area contributed by atoms with Crippen LogP contribution in [-0.2, 0) is 60.4 Å². The lowest BCUT2D eigenvalue weighted by atomic mass is 9.98. The first-order chi connectivity index (χ1) is 22.1. The number of fused-ring (bicyclic) bond motifs is 6. The molecule has 0 unspecified atom stereocenters. The van der Waals surface area contributed by atoms with Crippen molar-refractivity contribution in [3.8, 4) is 0 Å². The third-order valence-electron chi connectivity index (χ3n) is 9.64. The molecular formula is C36H32O10. The molecule has 2 fully saturated rings. The number of cyclic esters (lactones) is 2. The maximum atomic E-state index is 12.1. The number of benzene rings is 2. The summed E-state index contributed by atoms with van der Waals surface area (Å²) in [4.78, 5) is 47.3. The molecule has 0 spiro atoms. The van der Waals surface area contributed by atoms with Crippen molar-refractivity contribution in [1.29, 1.82) is 0 Å². The minimum absolute atomic E-state index is 0.0395. The Hall–Kier alpha value is -5.12. The minimum Gasteiger partial charge on any atom is -0.458 e. The summed E-state index contributed by atoms with van der Waals surface area (Å²) < 4.78 is 32.4. The highest BCUT2D eigenvalue weighted by atomic mass is 16.7. The van der Waals surface area contributed by atoms with Crippen molar-refractivity contribution in [3.63, 3.8) is 0 Å². The summed E-state index contributed by atoms with van der Waals surface area (Å²) in [5.41, 5.74) is 8.07. The van der Waals surface area contributed by atoms with Gasteiger partial charge in [-0.1, -0.05) is 48.5 Å². The van der Waals surface area contributed by atoms with E-state index >= 15 is 0 Å². The third kappa shape index (κ3) is 4.88. The Labute approximate surface area is 265 Å². The van der Waals surface area contributed by atoms with Gasteiger partial charge in [-0.05, 0) is 62.8 Å². The Bertz CT molecular complexity index is 1680. The van der Waals surface area contributed by atoms with Gasteiger partial charge in [0.05, 0.1) is 23.7 Å². The Morgan fingerprint density at radius 1 is 0.565 bits per heavy atom. The van der Waals surface area contributed by atoms with Gasteiger partial charge in [0.2, 0.25) is 0 Å². The summed E-state index contributed by atoms with van der Waals surface area (Å²) in [7, 11) is 0. The zero-order chi connectivity index (χ0) is 32.3. The Morgan fingerprint density at radius 3 is 1.33 bits per heavy atom. The summed E-state index contributed by atoms with van der Waals surface area (Å²) in [5, 5.41) is 0. The maximum Gasteiger partial charge on any atom is 0.338 e. The van der Waals surface area contributed by atoms with Crippen LogP contribution in [-0.4, -0.2) is 36.5 Å². The molecule has 2 aliphatic carbocycles. The first kappa shape index (κ1) is 29.6. The minimum atomic E-state index is -0.759. The normalized spacial score (nSPS) is 30.3. The van der Waals surface area contributed by atoms with E-state index < -0.39 is 12.6 Å². The van der Waals surface area contributed by atoms with Crippen LogP contribution in [0, 0.1) is 11.8 Å². The van der Waals surface area contributed by atoms with Crippen molar-refractivity contribution in [3.05, 3.63) is 117 Å². The summed E-state index contributed by atoms with van der Waals surface area (Å²) in [5.74, 6) is -1.57. The topological polar surface area (TPSA) is 124 Å². The lowest BCUT2D eigenvalue weighted by Crippen LogP contribution is -2.14. The van der Waals surface area contributed by atoms with E-state index in [1.54, 1.807) is 27.7 Å². The molecule has 0 amide bonds. The van der Waals surface area contributed by atoms with Crippen molar-refractivity contribution >= 4 is 23.9 Å². The summed E-state index contributed by atoms with van der Waals surface area (Å²) in [6.45, 7) is 6.96. The van der Waals surface area contributed by atoms with Gasteiger partial charge < -0.3 is 28.4 Å². The second-order valence-electron chi connectivity index (χ2n) is 12.2. The van der Waals surface area contributed by atoms with Crippen molar-refractivity contribution in [1.82, 2.24) is 0 Å². The van der Waals surface area contributed by atoms with E-state index in [0.29, 0.717) is 22.3 Å². The highest BCUT2D eigenvalue weighted by Gasteiger charge is 2.47. The molecule has 4 heterocycles. The Balaban J connectivity index is 0.000000147. The molecule has 10 nitrogen and oxygen atoms in total. The molecule has 0 saturated carbocycles. The van der Waals surface area contributed by atoms with E-state index in [1.165, 1.54) is 23.7 Å². The summed E-state index contributed by atoms with van der Waals surface area (Å²) >= 11 is 0. The van der Waals surface area contributed by atoms with Crippen LogP contribution >= 0.6 is 0 Å². The molecular weight excluding hydrogens is 592 g/mol. The average Bonchev–Trinajstić information content (AvgIpc) is 3.85. The zero-order valence-corrected chi connectivity index (χ0v) is 25.7. The van der Waals surface area contributed by atoms with E-state index in [-0.39, 0.29) is 47.9 Å². The second-order valence-corrected chi connectivity index (χ2v) is 12.2. The van der Waals surface area contributed by atoms with Gasteiger partial charge in [-0.15, -0.1) is 0 Å². The number of rotatable bonds is 4. The molecule has 2 saturated heterocycles. The molecule has 46 heavy (non-hydrogen) atoms. The van der Waals surface area contributed by atoms with Crippen LogP contribution in [0.25, 0.3) is 0 Å². The van der Waals surface area contributed by atoms with Crippen LogP contribution in [0.1, 0.15) is 62.2 Å². The van der Waals surface area contributed by atoms with Gasteiger partial charge in [0, 0.05) is 34.1 Å². The quantitative estimate of drug-likeness (QED) is 0.195. The fourth-order valence-corrected chi connectivity index (χ4v) is 6.65. The molecule has 0 bridgehead atoms. The van der Waals surface area contributed by atoms with E-state index in [0.717, 1.165) is 35.1 Å². The smallest absolute Gasteiger partial charge is 0.338 e. The lowest BCUT2D eigenvalue weighted by Gasteiger charge is -2.12. The first-order valence-corrected chi connectivity index (χ1v) is 15.2. The molecule has 0 N–H and O–H groups in total. The molecule has 8 rings (SSSR count). The maximum absolute atomic E-state index is 12.1. The highest BCUT2D eigenvalue weighted by Crippen LogP contribution is 2.49. The van der Waals surface area contributed by atoms with E-state index in [1.807, 2.05) is 36.4 Å². The van der Waals surface area contributed by atoms with Crippen LogP contribution < -0.4 is 0 Å². The van der Waals surface area contributed by atoms with Crippen molar-refractivity contribution < 1.29 is 47.6 Å². The van der Waals surface area contributed by atoms with Crippen LogP contribution in [0.3, 0.4) is 0 Å². The highest BCUT2D eigenvalue weighted by molar-refractivity contribution is 5.93. The molecule has 0 aromatic heterocycles. The Kier molecular flexibility index (Phi) is 7.30. The Morgan fingerprint density at radius 2 is 0.957 bits per heavy atom. The SMILES string of the molecule is CC1=C(C)[C@@H](O/C=C2/C(=O)O[C@@H]3c4ccccc4C[C@H]23)OC1=O.CC1=C(C)[C@H](O/C=C2/C(=O)O[C@@H]3c4ccccc4C[C@H]23)OC1=O. The van der Waals surface area contributed by atoms with Gasteiger partial charge in [-0.2, -0.15) is 0 Å². The number of hydrogen-bond donors (Lipinski definition) is 0. The largest absolute Gasteiger partial charge is 0.458 e. The molecule has 0 radical (unpaired) electrons. The van der Waals surface area contributed by atoms with Crippen LogP contribution in [0.15, 0.2) is 94.5 Å². The molecule has 236 valence electrons. The number of hydrogen-bond acceptors (Lipinski definition) is 10. The third-order valence-corrected chi connectivity index (χ3v) is 9.64. The second kappa shape index (κ2) is 11.3. The lowest BCUT2D eigenvalue weighted by molar-refractivity contribution is -0.154. The molecule has 6 aliphatic rings. The summed E-state index contributed by atoms with van der Waals surface area (Å²) in [6.07, 6.45) is 2.31. The van der Waals surface area contributed by atoms with Gasteiger partial charge in [-0.25, -0.2) is 19.2 Å². The number of carbonyl (C=O) groups excluding carboxylic acids is 4. The van der Waals surface area contributed by atoms with Crippen molar-refractivity contribution in [2.24, 2.45) is 11.8 Å². The van der Waals surface area contributed by atoms with Gasteiger partial charge >= 0.3 is 23.9 Å². The predicted molar refractivity (Wildman–Crippen MR) is 160 cm³/mol. The van der Waals surface area contributed by atoms with Crippen LogP contribution in [0.4, 0.5) is 0 Å². The fourth-order valence-electron chi connectivity index (χ4n) is 6.65. The molecule has 6 atom stereocenters. The molecule has 2 aromatic carbocycles. The zero-order valence-electron chi connectivity index (χ0n) is 25.7. The van der Waals surface area contributed by atoms with Gasteiger partial charge in [0.25, 0.3) is 12.6 Å². The van der Waals surface area contributed by atoms with Gasteiger partial charge in [0.15, 0.2) is 0 Å². The van der Waals surface area contributed by atoms with Crippen molar-refractivity contribution in [2.45, 2.75) is 65.3 Å². The molecule has 2 aromatic rings. The van der Waals surface area contributed by atoms with E-state index in [2.05, 4.69) is 12.1 Å². The van der Waals surface area contributed by atoms with Gasteiger partial charge in [-0.3, -0.25) is 0 Å². The number of carbonyl (C=O) groups is 4. The van der Waals surface area contributed by atoms with E-state index in [9.17, 15) is 19.2 Å². The number of ether oxygens (including phenoxy) is 6. The standard InChI is InChI=1S/2C18H16O5/c2*1-9-10(2)18(23-16(9)19)21-8-14-13-7-11-5-3-4-6-12(11)15(13)22-17(14)20/h2*3-6,8,13,15,18H,7H2,1-2H3/b2*14-8+/t13-,15-,18+;13-,15-,18-/m11/s1. The van der Waals surface area contributed by atoms with Crippen LogP contribution in [0.2, 0.25) is 0 Å². The summed E-state index contributed by atoms with van der Waals surface area (Å²) in [6, 6.07) is 15.9. The predicted octanol–water partition coefficient (Wildman–Crippen LogP) is 5.15. The van der Waals surface area contributed by atoms with Crippen LogP contribution in [0.5, 0.6) is 0 Å². The van der Waals surface area contributed by atoms with Crippen molar-refractivity contribution in [2.75, 3.05) is 0 Å².